The maximum absolute atomic E-state index is 13.6. The van der Waals surface area contributed by atoms with Crippen LogP contribution in [0.3, 0.4) is 0 Å². The first-order chi connectivity index (χ1) is 20.9. The van der Waals surface area contributed by atoms with E-state index in [1.165, 1.54) is 12.1 Å². The van der Waals surface area contributed by atoms with Gasteiger partial charge >= 0.3 is 11.9 Å². The van der Waals surface area contributed by atoms with E-state index in [0.717, 1.165) is 37.8 Å². The molecule has 5 aromatic rings. The van der Waals surface area contributed by atoms with Gasteiger partial charge in [0.05, 0.1) is 11.1 Å². The molecule has 0 unspecified atom stereocenters. The second kappa shape index (κ2) is 12.4. The Labute approximate surface area is 271 Å². The van der Waals surface area contributed by atoms with E-state index >= 15 is 0 Å². The van der Waals surface area contributed by atoms with Gasteiger partial charge in [-0.1, -0.05) is 73.1 Å². The number of rotatable bonds is 10. The SMILES string of the molecule is CCCCNC(=O)c1cc(Cl)c2c3c(Cl)cc(C(=O)O)c4c(C(=O)O)cc(Cl)c(c5c(Cl)cc(C(=O)NCCCC)c1c25)c43. The summed E-state index contributed by atoms with van der Waals surface area (Å²) in [5.41, 5.74) is -0.455. The van der Waals surface area contributed by atoms with Gasteiger partial charge in [0.2, 0.25) is 0 Å². The van der Waals surface area contributed by atoms with Crippen LogP contribution in [0.2, 0.25) is 20.1 Å². The lowest BCUT2D eigenvalue weighted by atomic mass is 9.84. The van der Waals surface area contributed by atoms with Crippen molar-refractivity contribution in [2.75, 3.05) is 13.1 Å². The fourth-order valence-electron chi connectivity index (χ4n) is 5.76. The molecule has 228 valence electrons. The van der Waals surface area contributed by atoms with Crippen LogP contribution in [0.25, 0.3) is 43.1 Å². The van der Waals surface area contributed by atoms with Crippen molar-refractivity contribution in [2.24, 2.45) is 0 Å². The van der Waals surface area contributed by atoms with Gasteiger partial charge in [-0.3, -0.25) is 9.59 Å². The molecule has 0 heterocycles. The fourth-order valence-corrected chi connectivity index (χ4v) is 6.95. The lowest BCUT2D eigenvalue weighted by molar-refractivity contribution is 0.0695. The molecule has 44 heavy (non-hydrogen) atoms. The van der Waals surface area contributed by atoms with Crippen LogP contribution in [0, 0.1) is 0 Å². The first-order valence-electron chi connectivity index (χ1n) is 14.0. The van der Waals surface area contributed by atoms with Gasteiger partial charge in [0.1, 0.15) is 0 Å². The zero-order chi connectivity index (χ0) is 32.0. The van der Waals surface area contributed by atoms with Crippen molar-refractivity contribution in [2.45, 2.75) is 39.5 Å². The Kier molecular flexibility index (Phi) is 9.01. The Hall–Kier alpha value is -3.56. The molecule has 0 aliphatic carbocycles. The summed E-state index contributed by atoms with van der Waals surface area (Å²) in [6.07, 6.45) is 3.16. The van der Waals surface area contributed by atoms with Crippen molar-refractivity contribution in [3.8, 4) is 0 Å². The monoisotopic (exact) mass is 674 g/mol. The molecule has 0 aliphatic heterocycles. The molecule has 5 aromatic carbocycles. The molecule has 0 saturated carbocycles. The summed E-state index contributed by atoms with van der Waals surface area (Å²) in [4.78, 5) is 52.0. The standard InChI is InChI=1S/C32H26Cl4N2O6/c1-3-5-7-37-29(39)13-9-17(33)23-25-19(35)11-15(31(41)42)22-16(32(43)44)12-20(36)26(28(22)25)24-18(34)10-14(21(13)27(23)24)30(40)38-8-6-4-2/h9-12H,3-8H2,1-2H3,(H,37,39)(H,38,40)(H,41,42)(H,43,44). The topological polar surface area (TPSA) is 133 Å². The van der Waals surface area contributed by atoms with Crippen molar-refractivity contribution in [1.29, 1.82) is 0 Å². The number of benzene rings is 5. The number of nitrogens with one attached hydrogen (secondary N) is 2. The first-order valence-corrected chi connectivity index (χ1v) is 15.5. The second-order valence-corrected chi connectivity index (χ2v) is 12.1. The van der Waals surface area contributed by atoms with Crippen LogP contribution in [-0.2, 0) is 0 Å². The van der Waals surface area contributed by atoms with E-state index in [4.69, 9.17) is 46.4 Å². The molecule has 0 radical (unpaired) electrons. The van der Waals surface area contributed by atoms with Crippen molar-refractivity contribution >= 4 is 113 Å². The molecular formula is C32H26Cl4N2O6. The van der Waals surface area contributed by atoms with Crippen LogP contribution in [0.1, 0.15) is 81.0 Å². The largest absolute Gasteiger partial charge is 0.478 e. The minimum atomic E-state index is -1.40. The van der Waals surface area contributed by atoms with Gasteiger partial charge in [-0.25, -0.2) is 9.59 Å². The molecule has 2 amide bonds. The minimum absolute atomic E-state index is 0.0438. The van der Waals surface area contributed by atoms with Crippen LogP contribution in [0.15, 0.2) is 24.3 Å². The number of aromatic carboxylic acids is 2. The third-order valence-electron chi connectivity index (χ3n) is 7.70. The van der Waals surface area contributed by atoms with Crippen LogP contribution >= 0.6 is 46.4 Å². The number of unbranched alkanes of at least 4 members (excludes halogenated alkanes) is 2. The van der Waals surface area contributed by atoms with Crippen LogP contribution in [0.4, 0.5) is 0 Å². The van der Waals surface area contributed by atoms with Gasteiger partial charge in [-0.05, 0) is 37.1 Å². The van der Waals surface area contributed by atoms with Crippen LogP contribution in [-0.4, -0.2) is 47.1 Å². The Bertz CT molecular complexity index is 1910. The number of fused-ring (bicyclic) bond motifs is 2. The number of carbonyl (C=O) groups is 4. The Morgan fingerprint density at radius 2 is 0.818 bits per heavy atom. The molecule has 4 N–H and O–H groups in total. The normalized spacial score (nSPS) is 11.6. The summed E-state index contributed by atoms with van der Waals surface area (Å²) >= 11 is 27.4. The van der Waals surface area contributed by atoms with Crippen molar-refractivity contribution < 1.29 is 29.4 Å². The van der Waals surface area contributed by atoms with E-state index in [0.29, 0.717) is 18.5 Å². The van der Waals surface area contributed by atoms with Gasteiger partial charge in [0.15, 0.2) is 0 Å². The molecule has 12 heteroatoms. The average molecular weight is 676 g/mol. The Morgan fingerprint density at radius 3 is 1.11 bits per heavy atom. The fraction of sp³-hybridized carbons (Fsp3) is 0.250. The molecule has 0 saturated heterocycles. The number of hydrogen-bond donors (Lipinski definition) is 4. The molecule has 0 aromatic heterocycles. The Morgan fingerprint density at radius 1 is 0.523 bits per heavy atom. The van der Waals surface area contributed by atoms with Gasteiger partial charge < -0.3 is 20.8 Å². The first kappa shape index (κ1) is 31.9. The van der Waals surface area contributed by atoms with E-state index in [1.54, 1.807) is 0 Å². The van der Waals surface area contributed by atoms with E-state index < -0.39 is 23.8 Å². The van der Waals surface area contributed by atoms with E-state index in [9.17, 15) is 29.4 Å². The van der Waals surface area contributed by atoms with Crippen LogP contribution in [0.5, 0.6) is 0 Å². The molecule has 0 fully saturated rings. The molecule has 0 aliphatic rings. The summed E-state index contributed by atoms with van der Waals surface area (Å²) in [6, 6.07) is 5.18. The molecule has 8 nitrogen and oxygen atoms in total. The van der Waals surface area contributed by atoms with E-state index in [2.05, 4.69) is 10.6 Å². The smallest absolute Gasteiger partial charge is 0.336 e. The maximum Gasteiger partial charge on any atom is 0.336 e. The quantitative estimate of drug-likeness (QED) is 0.0664. The number of hydrogen-bond acceptors (Lipinski definition) is 4. The summed E-state index contributed by atoms with van der Waals surface area (Å²) < 4.78 is 0. The lowest BCUT2D eigenvalue weighted by Gasteiger charge is -2.23. The highest BCUT2D eigenvalue weighted by Gasteiger charge is 2.31. The van der Waals surface area contributed by atoms with Crippen molar-refractivity contribution in [1.82, 2.24) is 10.6 Å². The highest BCUT2D eigenvalue weighted by Crippen LogP contribution is 2.52. The predicted octanol–water partition coefficient (Wildman–Crippen LogP) is 8.81. The summed E-state index contributed by atoms with van der Waals surface area (Å²) in [5.74, 6) is -3.72. The zero-order valence-corrected chi connectivity index (χ0v) is 26.6. The van der Waals surface area contributed by atoms with Gasteiger partial charge in [0, 0.05) is 87.4 Å². The average Bonchev–Trinajstić information content (AvgIpc) is 2.97. The zero-order valence-electron chi connectivity index (χ0n) is 23.6. The molecule has 0 atom stereocenters. The van der Waals surface area contributed by atoms with Gasteiger partial charge in [-0.2, -0.15) is 0 Å². The number of carbonyl (C=O) groups excluding carboxylic acids is 2. The van der Waals surface area contributed by atoms with E-state index in [1.807, 2.05) is 13.8 Å². The molecule has 0 spiro atoms. The molecule has 0 bridgehead atoms. The van der Waals surface area contributed by atoms with Crippen molar-refractivity contribution in [3.05, 3.63) is 66.6 Å². The lowest BCUT2D eigenvalue weighted by Crippen LogP contribution is -2.27. The van der Waals surface area contributed by atoms with Gasteiger partial charge in [-0.15, -0.1) is 0 Å². The highest BCUT2D eigenvalue weighted by molar-refractivity contribution is 6.55. The minimum Gasteiger partial charge on any atom is -0.478 e. The summed E-state index contributed by atoms with van der Waals surface area (Å²) in [6.45, 7) is 4.77. The van der Waals surface area contributed by atoms with Crippen LogP contribution < -0.4 is 10.6 Å². The van der Waals surface area contributed by atoms with Gasteiger partial charge in [0.25, 0.3) is 11.8 Å². The predicted molar refractivity (Wildman–Crippen MR) is 176 cm³/mol. The summed E-state index contributed by atoms with van der Waals surface area (Å²) in [7, 11) is 0. The second-order valence-electron chi connectivity index (χ2n) is 10.5. The van der Waals surface area contributed by atoms with E-state index in [-0.39, 0.29) is 80.0 Å². The number of halogens is 4. The number of carboxylic acids is 2. The summed E-state index contributed by atoms with van der Waals surface area (Å²) in [5, 5.41) is 27.5. The Balaban J connectivity index is 2.08. The van der Waals surface area contributed by atoms with Crippen molar-refractivity contribution in [3.63, 3.8) is 0 Å². The number of amides is 2. The third-order valence-corrected chi connectivity index (χ3v) is 8.89. The maximum atomic E-state index is 13.6. The third kappa shape index (κ3) is 5.13. The number of carboxylic acid groups (broad SMARTS) is 2. The molecular weight excluding hydrogens is 650 g/mol. The highest BCUT2D eigenvalue weighted by atomic mass is 35.5. The molecule has 5 rings (SSSR count).